The summed E-state index contributed by atoms with van der Waals surface area (Å²) in [5, 5.41) is 4.25. The van der Waals surface area contributed by atoms with Crippen LogP contribution in [0.15, 0.2) is 30.2 Å². The number of ether oxygens (including phenoxy) is 1. The van der Waals surface area contributed by atoms with Gasteiger partial charge in [-0.3, -0.25) is 14.4 Å². The number of amides is 1. The van der Waals surface area contributed by atoms with E-state index in [1.54, 1.807) is 6.20 Å². The lowest BCUT2D eigenvalue weighted by molar-refractivity contribution is -0.133. The topological polar surface area (TPSA) is 50.6 Å². The summed E-state index contributed by atoms with van der Waals surface area (Å²) in [6, 6.07) is 2.38. The molecule has 0 spiro atoms. The van der Waals surface area contributed by atoms with E-state index in [-0.39, 0.29) is 12.0 Å². The lowest BCUT2D eigenvalue weighted by atomic mass is 10.0. The van der Waals surface area contributed by atoms with Gasteiger partial charge >= 0.3 is 0 Å². The van der Waals surface area contributed by atoms with Crippen LogP contribution in [0, 0.1) is 0 Å². The largest absolute Gasteiger partial charge is 0.374 e. The van der Waals surface area contributed by atoms with Crippen molar-refractivity contribution in [3.63, 3.8) is 0 Å². The number of nitrogens with zero attached hydrogens (tertiary/aromatic N) is 4. The number of hydrogen-bond donors (Lipinski definition) is 0. The highest BCUT2D eigenvalue weighted by molar-refractivity contribution is 5.80. The molecule has 6 heteroatoms. The molecule has 25 heavy (non-hydrogen) atoms. The van der Waals surface area contributed by atoms with Crippen LogP contribution in [0.2, 0.25) is 0 Å². The highest BCUT2D eigenvalue weighted by Gasteiger charge is 2.36. The smallest absolute Gasteiger partial charge is 0.241 e. The van der Waals surface area contributed by atoms with Gasteiger partial charge in [0.25, 0.3) is 0 Å². The van der Waals surface area contributed by atoms with Crippen LogP contribution in [0.3, 0.4) is 0 Å². The van der Waals surface area contributed by atoms with Gasteiger partial charge in [-0.1, -0.05) is 6.08 Å². The number of hydrogen-bond acceptors (Lipinski definition) is 4. The molecule has 0 aromatic carbocycles. The fourth-order valence-corrected chi connectivity index (χ4v) is 3.89. The maximum absolute atomic E-state index is 13.0. The first-order chi connectivity index (χ1) is 12.3. The molecule has 2 heterocycles. The van der Waals surface area contributed by atoms with Gasteiger partial charge in [0, 0.05) is 37.2 Å². The molecule has 1 aliphatic heterocycles. The van der Waals surface area contributed by atoms with E-state index in [1.807, 2.05) is 16.9 Å². The van der Waals surface area contributed by atoms with E-state index in [1.165, 1.54) is 18.5 Å². The van der Waals surface area contributed by atoms with Crippen molar-refractivity contribution < 1.29 is 9.53 Å². The molecular weight excluding hydrogens is 316 g/mol. The van der Waals surface area contributed by atoms with Crippen molar-refractivity contribution in [2.45, 2.75) is 57.2 Å². The summed E-state index contributed by atoms with van der Waals surface area (Å²) in [5.74, 6) is 0.274. The number of aromatic nitrogens is 2. The number of allylic oxidation sites excluding steroid dienone is 2. The molecule has 1 saturated heterocycles. The summed E-state index contributed by atoms with van der Waals surface area (Å²) < 4.78 is 7.76. The molecule has 1 aromatic rings. The molecule has 0 N–H and O–H groups in total. The summed E-state index contributed by atoms with van der Waals surface area (Å²) in [7, 11) is 0. The van der Waals surface area contributed by atoms with E-state index in [0.29, 0.717) is 19.2 Å². The maximum Gasteiger partial charge on any atom is 0.241 e. The molecule has 1 atom stereocenters. The van der Waals surface area contributed by atoms with Crippen molar-refractivity contribution in [2.75, 3.05) is 26.2 Å². The molecule has 1 amide bonds. The molecule has 136 valence electrons. The van der Waals surface area contributed by atoms with Gasteiger partial charge in [0.1, 0.15) is 0 Å². The van der Waals surface area contributed by atoms with Crippen molar-refractivity contribution in [2.24, 2.45) is 0 Å². The number of rotatable bonds is 6. The summed E-state index contributed by atoms with van der Waals surface area (Å²) in [6.45, 7) is 3.56. The summed E-state index contributed by atoms with van der Waals surface area (Å²) in [4.78, 5) is 17.4. The van der Waals surface area contributed by atoms with E-state index in [9.17, 15) is 4.79 Å². The van der Waals surface area contributed by atoms with Crippen LogP contribution >= 0.6 is 0 Å². The van der Waals surface area contributed by atoms with E-state index in [4.69, 9.17) is 4.74 Å². The number of carbonyl (C=O) groups is 1. The predicted octanol–water partition coefficient (Wildman–Crippen LogP) is 2.03. The fourth-order valence-electron chi connectivity index (χ4n) is 3.89. The number of morpholine rings is 1. The maximum atomic E-state index is 13.0. The van der Waals surface area contributed by atoms with Crippen LogP contribution in [0.25, 0.3) is 0 Å². The standard InChI is InChI=1S/C19H28N4O2/c24-19(23(17-7-8-17)16-5-2-1-3-6-16)15-21-11-12-25-18(13-21)14-22-10-4-9-20-22/h4-5,9-10,17-18H,1-3,6-8,11-15H2/t18-/m0/s1. The molecular formula is C19H28N4O2. The Morgan fingerprint density at radius 2 is 2.28 bits per heavy atom. The van der Waals surface area contributed by atoms with Crippen LogP contribution in [0.1, 0.15) is 38.5 Å². The first kappa shape index (κ1) is 16.8. The third kappa shape index (κ3) is 4.30. The molecule has 0 bridgehead atoms. The molecule has 1 aromatic heterocycles. The average Bonchev–Trinajstić information content (AvgIpc) is 3.32. The zero-order valence-electron chi connectivity index (χ0n) is 14.8. The minimum atomic E-state index is 0.102. The molecule has 2 aliphatic carbocycles. The Bertz CT molecular complexity index is 609. The Balaban J connectivity index is 1.35. The molecule has 3 aliphatic rings. The Morgan fingerprint density at radius 3 is 3.00 bits per heavy atom. The van der Waals surface area contributed by atoms with Gasteiger partial charge < -0.3 is 9.64 Å². The monoisotopic (exact) mass is 344 g/mol. The van der Waals surface area contributed by atoms with E-state index >= 15 is 0 Å². The van der Waals surface area contributed by atoms with Crippen molar-refractivity contribution in [1.29, 1.82) is 0 Å². The minimum Gasteiger partial charge on any atom is -0.374 e. The van der Waals surface area contributed by atoms with Crippen molar-refractivity contribution in [3.05, 3.63) is 30.2 Å². The van der Waals surface area contributed by atoms with Crippen molar-refractivity contribution in [3.8, 4) is 0 Å². The van der Waals surface area contributed by atoms with Gasteiger partial charge in [-0.15, -0.1) is 0 Å². The molecule has 6 nitrogen and oxygen atoms in total. The van der Waals surface area contributed by atoms with Crippen LogP contribution in [-0.2, 0) is 16.1 Å². The SMILES string of the molecule is O=C(CN1CCO[C@H](Cn2cccn2)C1)N(C1=CCCCC1)C1CC1. The van der Waals surface area contributed by atoms with Gasteiger partial charge in [0.05, 0.1) is 25.8 Å². The van der Waals surface area contributed by atoms with Gasteiger partial charge in [0.2, 0.25) is 5.91 Å². The summed E-state index contributed by atoms with van der Waals surface area (Å²) >= 11 is 0. The summed E-state index contributed by atoms with van der Waals surface area (Å²) in [6.07, 6.45) is 13.1. The van der Waals surface area contributed by atoms with Crippen LogP contribution < -0.4 is 0 Å². The Morgan fingerprint density at radius 1 is 1.36 bits per heavy atom. The van der Waals surface area contributed by atoms with E-state index < -0.39 is 0 Å². The fraction of sp³-hybridized carbons (Fsp3) is 0.684. The van der Waals surface area contributed by atoms with Gasteiger partial charge in [-0.2, -0.15) is 5.10 Å². The molecule has 2 fully saturated rings. The highest BCUT2D eigenvalue weighted by atomic mass is 16.5. The zero-order valence-corrected chi connectivity index (χ0v) is 14.8. The predicted molar refractivity (Wildman–Crippen MR) is 94.8 cm³/mol. The Hall–Kier alpha value is -1.66. The van der Waals surface area contributed by atoms with E-state index in [2.05, 4.69) is 21.0 Å². The normalized spacial score (nSPS) is 24.8. The molecule has 0 unspecified atom stereocenters. The number of carbonyl (C=O) groups excluding carboxylic acids is 1. The van der Waals surface area contributed by atoms with E-state index in [0.717, 1.165) is 45.3 Å². The second-order valence-electron chi connectivity index (χ2n) is 7.39. The van der Waals surface area contributed by atoms with Crippen LogP contribution in [0.5, 0.6) is 0 Å². The van der Waals surface area contributed by atoms with Crippen LogP contribution in [0.4, 0.5) is 0 Å². The third-order valence-electron chi connectivity index (χ3n) is 5.29. The average molecular weight is 344 g/mol. The van der Waals surface area contributed by atoms with Crippen molar-refractivity contribution >= 4 is 5.91 Å². The Kier molecular flexibility index (Phi) is 5.17. The molecule has 4 rings (SSSR count). The van der Waals surface area contributed by atoms with Gasteiger partial charge in [-0.05, 0) is 44.6 Å². The lowest BCUT2D eigenvalue weighted by Gasteiger charge is -2.35. The second-order valence-corrected chi connectivity index (χ2v) is 7.39. The van der Waals surface area contributed by atoms with Crippen LogP contribution in [-0.4, -0.2) is 63.9 Å². The third-order valence-corrected chi connectivity index (χ3v) is 5.29. The molecule has 0 radical (unpaired) electrons. The first-order valence-corrected chi connectivity index (χ1v) is 9.62. The molecule has 1 saturated carbocycles. The highest BCUT2D eigenvalue weighted by Crippen LogP contribution is 2.33. The zero-order chi connectivity index (χ0) is 17.1. The quantitative estimate of drug-likeness (QED) is 0.792. The Labute approximate surface area is 149 Å². The summed E-state index contributed by atoms with van der Waals surface area (Å²) in [5.41, 5.74) is 1.28. The minimum absolute atomic E-state index is 0.102. The van der Waals surface area contributed by atoms with Gasteiger partial charge in [-0.25, -0.2) is 0 Å². The van der Waals surface area contributed by atoms with Crippen molar-refractivity contribution in [1.82, 2.24) is 19.6 Å². The second kappa shape index (κ2) is 7.70. The first-order valence-electron chi connectivity index (χ1n) is 9.62. The van der Waals surface area contributed by atoms with Gasteiger partial charge in [0.15, 0.2) is 0 Å². The lowest BCUT2D eigenvalue weighted by Crippen LogP contribution is -2.49.